The largest absolute Gasteiger partial charge is 0.356 e. The molecule has 2 aliphatic rings. The lowest BCUT2D eigenvalue weighted by atomic mass is 9.98. The van der Waals surface area contributed by atoms with Gasteiger partial charge >= 0.3 is 0 Å². The minimum atomic E-state index is -0.320. The summed E-state index contributed by atoms with van der Waals surface area (Å²) < 4.78 is 13.4. The van der Waals surface area contributed by atoms with Gasteiger partial charge in [-0.3, -0.25) is 9.59 Å². The number of rotatable bonds is 2. The molecule has 24 heavy (non-hydrogen) atoms. The van der Waals surface area contributed by atoms with Crippen molar-refractivity contribution in [3.63, 3.8) is 0 Å². The first-order valence-electron chi connectivity index (χ1n) is 8.97. The first kappa shape index (κ1) is 16.9. The third kappa shape index (κ3) is 3.94. The zero-order valence-electron chi connectivity index (χ0n) is 14.0. The number of nitrogens with one attached hydrogen (secondary N) is 1. The maximum absolute atomic E-state index is 13.4. The van der Waals surface area contributed by atoms with E-state index in [1.54, 1.807) is 12.1 Å². The molecule has 0 radical (unpaired) electrons. The van der Waals surface area contributed by atoms with Crippen molar-refractivity contribution in [2.75, 3.05) is 13.1 Å². The number of halogens is 1. The van der Waals surface area contributed by atoms with Crippen LogP contribution >= 0.6 is 0 Å². The minimum Gasteiger partial charge on any atom is -0.356 e. The summed E-state index contributed by atoms with van der Waals surface area (Å²) in [6.07, 6.45) is 5.81. The molecular formula is C19H25FN2O2. The standard InChI is InChI=1S/C19H25FN2O2/c20-15-7-4-6-14(12-15)13-18(23)22-11-3-1-2-10-21-19(24)16-8-5-9-17(16)22/h4,6-7,12,16-17H,1-3,5,8-11,13H2,(H,21,24)/t16-,17+/m1/s1. The van der Waals surface area contributed by atoms with Gasteiger partial charge in [0.25, 0.3) is 0 Å². The second kappa shape index (κ2) is 7.77. The monoisotopic (exact) mass is 332 g/mol. The Hall–Kier alpha value is -1.91. The minimum absolute atomic E-state index is 0.00544. The molecule has 1 saturated heterocycles. The Morgan fingerprint density at radius 1 is 1.21 bits per heavy atom. The fraction of sp³-hybridized carbons (Fsp3) is 0.579. The van der Waals surface area contributed by atoms with Crippen LogP contribution in [0.5, 0.6) is 0 Å². The average Bonchev–Trinajstić information content (AvgIpc) is 3.03. The van der Waals surface area contributed by atoms with Gasteiger partial charge in [-0.2, -0.15) is 0 Å². The zero-order chi connectivity index (χ0) is 16.9. The van der Waals surface area contributed by atoms with Gasteiger partial charge in [0.05, 0.1) is 12.3 Å². The van der Waals surface area contributed by atoms with Gasteiger partial charge in [-0.15, -0.1) is 0 Å². The molecule has 2 amide bonds. The van der Waals surface area contributed by atoms with E-state index in [9.17, 15) is 14.0 Å². The number of hydrogen-bond donors (Lipinski definition) is 1. The number of hydrogen-bond acceptors (Lipinski definition) is 2. The molecule has 1 aromatic carbocycles. The van der Waals surface area contributed by atoms with Crippen molar-refractivity contribution >= 4 is 11.8 Å². The molecule has 2 fully saturated rings. The molecule has 1 aliphatic carbocycles. The molecule has 1 heterocycles. The normalized spacial score (nSPS) is 25.0. The van der Waals surface area contributed by atoms with Crippen LogP contribution in [-0.4, -0.2) is 35.8 Å². The fourth-order valence-corrected chi connectivity index (χ4v) is 3.94. The highest BCUT2D eigenvalue weighted by molar-refractivity contribution is 5.83. The Bertz CT molecular complexity index is 605. The third-order valence-electron chi connectivity index (χ3n) is 5.16. The second-order valence-corrected chi connectivity index (χ2v) is 6.85. The molecule has 1 N–H and O–H groups in total. The predicted molar refractivity (Wildman–Crippen MR) is 89.8 cm³/mol. The van der Waals surface area contributed by atoms with Crippen LogP contribution in [0.2, 0.25) is 0 Å². The van der Waals surface area contributed by atoms with E-state index >= 15 is 0 Å². The van der Waals surface area contributed by atoms with E-state index in [4.69, 9.17) is 0 Å². The molecule has 0 aromatic heterocycles. The smallest absolute Gasteiger partial charge is 0.227 e. The number of benzene rings is 1. The van der Waals surface area contributed by atoms with Crippen molar-refractivity contribution in [3.8, 4) is 0 Å². The van der Waals surface area contributed by atoms with Gasteiger partial charge in [-0.1, -0.05) is 18.6 Å². The van der Waals surface area contributed by atoms with Crippen LogP contribution in [0.15, 0.2) is 24.3 Å². The predicted octanol–water partition coefficient (Wildman–Crippen LogP) is 2.67. The summed E-state index contributed by atoms with van der Waals surface area (Å²) in [7, 11) is 0. The molecule has 1 aromatic rings. The average molecular weight is 332 g/mol. The summed E-state index contributed by atoms with van der Waals surface area (Å²) in [5.41, 5.74) is 0.691. The highest BCUT2D eigenvalue weighted by Crippen LogP contribution is 2.31. The highest BCUT2D eigenvalue weighted by atomic mass is 19.1. The van der Waals surface area contributed by atoms with Gasteiger partial charge < -0.3 is 10.2 Å². The maximum atomic E-state index is 13.4. The van der Waals surface area contributed by atoms with E-state index < -0.39 is 0 Å². The van der Waals surface area contributed by atoms with Crippen LogP contribution in [0.3, 0.4) is 0 Å². The van der Waals surface area contributed by atoms with E-state index in [0.29, 0.717) is 12.1 Å². The molecule has 0 spiro atoms. The highest BCUT2D eigenvalue weighted by Gasteiger charge is 2.38. The molecule has 1 aliphatic heterocycles. The molecule has 1 saturated carbocycles. The van der Waals surface area contributed by atoms with Crippen LogP contribution in [0, 0.1) is 11.7 Å². The quantitative estimate of drug-likeness (QED) is 0.905. The SMILES string of the molecule is O=C1NCCCCCN(C(=O)Cc2cccc(F)c2)[C@H]2CCC[C@@H]12. The summed E-state index contributed by atoms with van der Waals surface area (Å²) in [6.45, 7) is 1.43. The Morgan fingerprint density at radius 2 is 2.08 bits per heavy atom. The molecule has 3 rings (SSSR count). The number of fused-ring (bicyclic) bond motifs is 1. The molecule has 0 unspecified atom stereocenters. The van der Waals surface area contributed by atoms with Crippen LogP contribution in [0.25, 0.3) is 0 Å². The lowest BCUT2D eigenvalue weighted by Gasteiger charge is -2.34. The Morgan fingerprint density at radius 3 is 2.92 bits per heavy atom. The topological polar surface area (TPSA) is 49.4 Å². The fourth-order valence-electron chi connectivity index (χ4n) is 3.94. The van der Waals surface area contributed by atoms with Crippen molar-refractivity contribution in [2.24, 2.45) is 5.92 Å². The van der Waals surface area contributed by atoms with Crippen molar-refractivity contribution in [1.82, 2.24) is 10.2 Å². The summed E-state index contributed by atoms with van der Waals surface area (Å²) in [5.74, 6) is -0.326. The van der Waals surface area contributed by atoms with Crippen molar-refractivity contribution in [2.45, 2.75) is 51.0 Å². The molecule has 130 valence electrons. The van der Waals surface area contributed by atoms with E-state index in [1.807, 2.05) is 4.90 Å². The lowest BCUT2D eigenvalue weighted by Crippen LogP contribution is -2.48. The van der Waals surface area contributed by atoms with E-state index in [0.717, 1.165) is 45.1 Å². The van der Waals surface area contributed by atoms with Gasteiger partial charge in [0.1, 0.15) is 5.82 Å². The van der Waals surface area contributed by atoms with Gasteiger partial charge in [0.15, 0.2) is 0 Å². The first-order valence-corrected chi connectivity index (χ1v) is 8.97. The van der Waals surface area contributed by atoms with E-state index in [2.05, 4.69) is 5.32 Å². The Balaban J connectivity index is 1.76. The van der Waals surface area contributed by atoms with E-state index in [1.165, 1.54) is 12.1 Å². The zero-order valence-corrected chi connectivity index (χ0v) is 14.0. The number of nitrogens with zero attached hydrogens (tertiary/aromatic N) is 1. The Kier molecular flexibility index (Phi) is 5.48. The summed E-state index contributed by atoms with van der Waals surface area (Å²) >= 11 is 0. The third-order valence-corrected chi connectivity index (χ3v) is 5.16. The first-order chi connectivity index (χ1) is 11.6. The second-order valence-electron chi connectivity index (χ2n) is 6.85. The molecular weight excluding hydrogens is 307 g/mol. The van der Waals surface area contributed by atoms with Crippen molar-refractivity contribution < 1.29 is 14.0 Å². The maximum Gasteiger partial charge on any atom is 0.227 e. The summed E-state index contributed by atoms with van der Waals surface area (Å²) in [5, 5.41) is 3.01. The van der Waals surface area contributed by atoms with Crippen molar-refractivity contribution in [1.29, 1.82) is 0 Å². The van der Waals surface area contributed by atoms with E-state index in [-0.39, 0.29) is 36.0 Å². The van der Waals surface area contributed by atoms with Crippen LogP contribution in [-0.2, 0) is 16.0 Å². The van der Waals surface area contributed by atoms with Gasteiger partial charge in [0.2, 0.25) is 11.8 Å². The van der Waals surface area contributed by atoms with Crippen molar-refractivity contribution in [3.05, 3.63) is 35.6 Å². The molecule has 2 atom stereocenters. The summed E-state index contributed by atoms with van der Waals surface area (Å²) in [6, 6.07) is 6.20. The van der Waals surface area contributed by atoms with Gasteiger partial charge in [-0.05, 0) is 49.8 Å². The number of carbonyl (C=O) groups is 2. The molecule has 4 nitrogen and oxygen atoms in total. The lowest BCUT2D eigenvalue weighted by molar-refractivity contribution is -0.136. The molecule has 0 bridgehead atoms. The summed E-state index contributed by atoms with van der Waals surface area (Å²) in [4.78, 5) is 27.1. The van der Waals surface area contributed by atoms with Crippen LogP contribution in [0.4, 0.5) is 4.39 Å². The van der Waals surface area contributed by atoms with Gasteiger partial charge in [-0.25, -0.2) is 4.39 Å². The number of carbonyl (C=O) groups excluding carboxylic acids is 2. The van der Waals surface area contributed by atoms with Gasteiger partial charge in [0, 0.05) is 19.1 Å². The molecule has 5 heteroatoms. The number of amides is 2. The van der Waals surface area contributed by atoms with Crippen LogP contribution in [0.1, 0.15) is 44.1 Å². The van der Waals surface area contributed by atoms with Crippen LogP contribution < -0.4 is 5.32 Å². The Labute approximate surface area is 142 Å².